The average molecular weight is 587 g/mol. The van der Waals surface area contributed by atoms with Crippen LogP contribution >= 0.6 is 11.6 Å². The number of para-hydroxylation sites is 1. The molecule has 4 rings (SSSR count). The van der Waals surface area contributed by atoms with Gasteiger partial charge in [-0.2, -0.15) is 10.4 Å². The smallest absolute Gasteiger partial charge is 0.271 e. The quantitative estimate of drug-likeness (QED) is 0.132. The summed E-state index contributed by atoms with van der Waals surface area (Å²) in [5, 5.41) is 15.1. The second-order valence-corrected chi connectivity index (χ2v) is 10.7. The van der Waals surface area contributed by atoms with Crippen molar-refractivity contribution in [2.45, 2.75) is 53.1 Å². The van der Waals surface area contributed by atoms with Crippen molar-refractivity contribution in [3.05, 3.63) is 82.0 Å². The first kappa shape index (κ1) is 30.8. The van der Waals surface area contributed by atoms with Gasteiger partial charge in [0.1, 0.15) is 23.1 Å². The SMILES string of the molecule is CCCCOc1ccc(-c2nn(-c3ccccc3)cc2/C=C2/C(=O)N(CCCOC(C)C)C(=O)C(C#N)=C2C)cc1Cl. The largest absolute Gasteiger partial charge is 0.492 e. The zero-order chi connectivity index (χ0) is 30.2. The van der Waals surface area contributed by atoms with Crippen LogP contribution in [0.1, 0.15) is 52.5 Å². The van der Waals surface area contributed by atoms with Crippen molar-refractivity contribution in [2.24, 2.45) is 0 Å². The summed E-state index contributed by atoms with van der Waals surface area (Å²) in [5.41, 5.74) is 3.31. The number of benzene rings is 2. The van der Waals surface area contributed by atoms with E-state index in [9.17, 15) is 14.9 Å². The molecule has 0 unspecified atom stereocenters. The van der Waals surface area contributed by atoms with Crippen molar-refractivity contribution in [1.82, 2.24) is 14.7 Å². The Balaban J connectivity index is 1.78. The van der Waals surface area contributed by atoms with E-state index in [4.69, 9.17) is 26.2 Å². The molecule has 0 atom stereocenters. The lowest BCUT2D eigenvalue weighted by molar-refractivity contribution is -0.140. The van der Waals surface area contributed by atoms with Crippen molar-refractivity contribution < 1.29 is 19.1 Å². The molecule has 0 saturated carbocycles. The Bertz CT molecular complexity index is 1550. The van der Waals surface area contributed by atoms with Crippen LogP contribution < -0.4 is 4.74 Å². The van der Waals surface area contributed by atoms with Crippen molar-refractivity contribution >= 4 is 29.5 Å². The molecule has 2 heterocycles. The van der Waals surface area contributed by atoms with Crippen LogP contribution in [0.25, 0.3) is 23.0 Å². The molecule has 0 N–H and O–H groups in total. The van der Waals surface area contributed by atoms with E-state index in [-0.39, 0.29) is 23.8 Å². The number of nitriles is 1. The summed E-state index contributed by atoms with van der Waals surface area (Å²) < 4.78 is 13.1. The van der Waals surface area contributed by atoms with Gasteiger partial charge in [-0.25, -0.2) is 4.68 Å². The van der Waals surface area contributed by atoms with E-state index < -0.39 is 11.8 Å². The third kappa shape index (κ3) is 6.99. The number of aromatic nitrogens is 2. The molecule has 0 radical (unpaired) electrons. The van der Waals surface area contributed by atoms with Crippen LogP contribution in [0.4, 0.5) is 0 Å². The number of hydrogen-bond acceptors (Lipinski definition) is 6. The predicted molar refractivity (Wildman–Crippen MR) is 163 cm³/mol. The van der Waals surface area contributed by atoms with Gasteiger partial charge in [-0.15, -0.1) is 0 Å². The standard InChI is InChI=1S/C33H35ClN4O4/c1-5-6-16-42-30-14-13-24(19-29(30)34)31-25(21-38(36-31)26-11-8-7-9-12-26)18-27-23(4)28(20-35)33(40)37(32(27)39)15-10-17-41-22(2)3/h7-9,11-14,18-19,21-22H,5-6,10,15-17H2,1-4H3/b27-18+. The van der Waals surface area contributed by atoms with E-state index in [1.165, 1.54) is 0 Å². The van der Waals surface area contributed by atoms with Crippen LogP contribution in [0.5, 0.6) is 5.75 Å². The molecule has 0 saturated heterocycles. The van der Waals surface area contributed by atoms with Gasteiger partial charge in [0.05, 0.1) is 23.4 Å². The Morgan fingerprint density at radius 2 is 1.83 bits per heavy atom. The highest BCUT2D eigenvalue weighted by atomic mass is 35.5. The molecule has 2 aromatic carbocycles. The maximum absolute atomic E-state index is 13.7. The molecule has 1 aromatic heterocycles. The molecule has 1 aliphatic heterocycles. The van der Waals surface area contributed by atoms with Gasteiger partial charge in [0.15, 0.2) is 0 Å². The number of halogens is 1. The van der Waals surface area contributed by atoms with E-state index in [1.807, 2.05) is 68.6 Å². The molecular formula is C33H35ClN4O4. The van der Waals surface area contributed by atoms with Crippen molar-refractivity contribution in [2.75, 3.05) is 19.8 Å². The highest BCUT2D eigenvalue weighted by Gasteiger charge is 2.35. The first-order valence-electron chi connectivity index (χ1n) is 14.1. The minimum atomic E-state index is -0.590. The Labute approximate surface area is 251 Å². The van der Waals surface area contributed by atoms with Crippen LogP contribution in [-0.4, -0.2) is 52.4 Å². The van der Waals surface area contributed by atoms with E-state index in [2.05, 4.69) is 6.92 Å². The third-order valence-electron chi connectivity index (χ3n) is 6.83. The van der Waals surface area contributed by atoms with E-state index >= 15 is 0 Å². The molecule has 2 amide bonds. The number of imide groups is 1. The minimum Gasteiger partial charge on any atom is -0.492 e. The van der Waals surface area contributed by atoms with Gasteiger partial charge >= 0.3 is 0 Å². The Hall–Kier alpha value is -4.19. The molecule has 3 aromatic rings. The maximum atomic E-state index is 13.7. The maximum Gasteiger partial charge on any atom is 0.271 e. The topological polar surface area (TPSA) is 97.4 Å². The lowest BCUT2D eigenvalue weighted by atomic mass is 9.93. The molecule has 42 heavy (non-hydrogen) atoms. The Morgan fingerprint density at radius 1 is 1.07 bits per heavy atom. The van der Waals surface area contributed by atoms with Crippen molar-refractivity contribution in [3.8, 4) is 28.8 Å². The van der Waals surface area contributed by atoms with Gasteiger partial charge in [0.2, 0.25) is 0 Å². The van der Waals surface area contributed by atoms with Gasteiger partial charge in [-0.05, 0) is 75.6 Å². The van der Waals surface area contributed by atoms with Crippen molar-refractivity contribution in [3.63, 3.8) is 0 Å². The molecule has 1 aliphatic rings. The van der Waals surface area contributed by atoms with Gasteiger partial charge < -0.3 is 9.47 Å². The summed E-state index contributed by atoms with van der Waals surface area (Å²) in [4.78, 5) is 27.9. The first-order valence-corrected chi connectivity index (χ1v) is 14.5. The minimum absolute atomic E-state index is 0.0371. The summed E-state index contributed by atoms with van der Waals surface area (Å²) in [5.74, 6) is -0.462. The van der Waals surface area contributed by atoms with E-state index in [0.29, 0.717) is 47.2 Å². The molecule has 0 spiro atoms. The molecule has 0 fully saturated rings. The number of ether oxygens (including phenoxy) is 2. The summed E-state index contributed by atoms with van der Waals surface area (Å²) in [7, 11) is 0. The summed E-state index contributed by atoms with van der Waals surface area (Å²) in [6.07, 6.45) is 5.95. The number of unbranched alkanes of at least 4 members (excludes halogenated alkanes) is 1. The summed E-state index contributed by atoms with van der Waals surface area (Å²) >= 11 is 6.60. The van der Waals surface area contributed by atoms with E-state index in [1.54, 1.807) is 23.7 Å². The number of nitrogens with zero attached hydrogens (tertiary/aromatic N) is 4. The number of amides is 2. The zero-order valence-corrected chi connectivity index (χ0v) is 25.1. The predicted octanol–water partition coefficient (Wildman–Crippen LogP) is 6.78. The second kappa shape index (κ2) is 14.1. The van der Waals surface area contributed by atoms with Gasteiger partial charge in [-0.3, -0.25) is 14.5 Å². The number of hydrogen-bond donors (Lipinski definition) is 0. The first-order chi connectivity index (χ1) is 20.2. The molecule has 218 valence electrons. The average Bonchev–Trinajstić information content (AvgIpc) is 3.40. The fraction of sp³-hybridized carbons (Fsp3) is 0.333. The lowest BCUT2D eigenvalue weighted by Crippen LogP contribution is -2.43. The lowest BCUT2D eigenvalue weighted by Gasteiger charge is -2.27. The Kier molecular flexibility index (Phi) is 10.3. The summed E-state index contributed by atoms with van der Waals surface area (Å²) in [6.45, 7) is 8.67. The number of carbonyl (C=O) groups is 2. The van der Waals surface area contributed by atoms with Crippen molar-refractivity contribution in [1.29, 1.82) is 5.26 Å². The van der Waals surface area contributed by atoms with Crippen LogP contribution in [0.15, 0.2) is 71.4 Å². The molecule has 0 aliphatic carbocycles. The van der Waals surface area contributed by atoms with Gasteiger partial charge in [0.25, 0.3) is 11.8 Å². The fourth-order valence-electron chi connectivity index (χ4n) is 4.55. The zero-order valence-electron chi connectivity index (χ0n) is 24.4. The van der Waals surface area contributed by atoms with Gasteiger partial charge in [0, 0.05) is 36.0 Å². The molecule has 9 heteroatoms. The number of carbonyl (C=O) groups excluding carboxylic acids is 2. The van der Waals surface area contributed by atoms with Crippen LogP contribution in [0.2, 0.25) is 5.02 Å². The highest BCUT2D eigenvalue weighted by Crippen LogP contribution is 2.34. The monoisotopic (exact) mass is 586 g/mol. The highest BCUT2D eigenvalue weighted by molar-refractivity contribution is 6.32. The van der Waals surface area contributed by atoms with Crippen LogP contribution in [-0.2, 0) is 14.3 Å². The van der Waals surface area contributed by atoms with E-state index in [0.717, 1.165) is 29.0 Å². The number of rotatable bonds is 12. The van der Waals surface area contributed by atoms with Gasteiger partial charge in [-0.1, -0.05) is 43.1 Å². The van der Waals surface area contributed by atoms with Crippen LogP contribution in [0, 0.1) is 11.3 Å². The third-order valence-corrected chi connectivity index (χ3v) is 7.12. The second-order valence-electron chi connectivity index (χ2n) is 10.3. The molecule has 8 nitrogen and oxygen atoms in total. The molecular weight excluding hydrogens is 552 g/mol. The fourth-order valence-corrected chi connectivity index (χ4v) is 4.79. The molecule has 0 bridgehead atoms. The summed E-state index contributed by atoms with van der Waals surface area (Å²) in [6, 6.07) is 17.1. The van der Waals surface area contributed by atoms with Crippen LogP contribution in [0.3, 0.4) is 0 Å². The normalized spacial score (nSPS) is 14.7. The Morgan fingerprint density at radius 3 is 2.50 bits per heavy atom.